The second-order valence-corrected chi connectivity index (χ2v) is 8.28. The zero-order valence-electron chi connectivity index (χ0n) is 14.9. The maximum atomic E-state index is 6.35. The molecular formula is C20H27N3OS. The van der Waals surface area contributed by atoms with Crippen molar-refractivity contribution in [2.75, 3.05) is 26.7 Å². The molecule has 1 atom stereocenters. The fourth-order valence-corrected chi connectivity index (χ4v) is 4.75. The smallest absolute Gasteiger partial charge is 0.0723 e. The molecule has 4 rings (SSSR count). The molecule has 2 aromatic heterocycles. The highest BCUT2D eigenvalue weighted by Crippen LogP contribution is 2.38. The largest absolute Gasteiger partial charge is 0.373 e. The number of nitrogens with zero attached hydrogens (tertiary/aromatic N) is 3. The van der Waals surface area contributed by atoms with Crippen LogP contribution in [0.3, 0.4) is 0 Å². The molecule has 5 heteroatoms. The van der Waals surface area contributed by atoms with Crippen molar-refractivity contribution in [2.24, 2.45) is 0 Å². The molecule has 0 N–H and O–H groups in total. The van der Waals surface area contributed by atoms with Crippen LogP contribution in [0.5, 0.6) is 0 Å². The van der Waals surface area contributed by atoms with E-state index in [2.05, 4.69) is 50.8 Å². The van der Waals surface area contributed by atoms with Gasteiger partial charge in [-0.2, -0.15) is 11.3 Å². The van der Waals surface area contributed by atoms with Crippen LogP contribution in [0.4, 0.5) is 0 Å². The molecule has 0 radical (unpaired) electrons. The lowest BCUT2D eigenvalue weighted by molar-refractivity contribution is -0.0452. The number of likely N-dealkylation sites (tertiary alicyclic amines) is 1. The molecule has 2 fully saturated rings. The minimum Gasteiger partial charge on any atom is -0.373 e. The first kappa shape index (κ1) is 17.2. The van der Waals surface area contributed by atoms with Gasteiger partial charge in [-0.25, -0.2) is 0 Å². The van der Waals surface area contributed by atoms with Gasteiger partial charge in [0.25, 0.3) is 0 Å². The Balaban J connectivity index is 1.28. The first-order chi connectivity index (χ1) is 12.2. The number of aromatic nitrogens is 1. The van der Waals surface area contributed by atoms with Crippen LogP contribution in [0.25, 0.3) is 0 Å². The van der Waals surface area contributed by atoms with E-state index >= 15 is 0 Å². The van der Waals surface area contributed by atoms with Crippen molar-refractivity contribution in [1.29, 1.82) is 0 Å². The standard InChI is InChI=1S/C20H27N3OS/c1-22(14-18-4-2-3-8-21-18)19-12-20(24-15-19)6-9-23(10-7-20)13-17-5-11-25-16-17/h2-5,8,11,16,19H,6-7,9-10,12-15H2,1H3/t19-/m1/s1. The molecule has 1 spiro atoms. The predicted octanol–water partition coefficient (Wildman–Crippen LogP) is 3.40. The van der Waals surface area contributed by atoms with E-state index in [0.29, 0.717) is 6.04 Å². The monoisotopic (exact) mass is 357 g/mol. The number of ether oxygens (including phenoxy) is 1. The molecule has 0 amide bonds. The molecule has 0 saturated carbocycles. The molecule has 2 aliphatic heterocycles. The summed E-state index contributed by atoms with van der Waals surface area (Å²) in [7, 11) is 2.20. The number of thiophene rings is 1. The van der Waals surface area contributed by atoms with Gasteiger partial charge in [-0.15, -0.1) is 0 Å². The molecular weight excluding hydrogens is 330 g/mol. The van der Waals surface area contributed by atoms with Crippen molar-refractivity contribution in [3.05, 3.63) is 52.5 Å². The number of hydrogen-bond acceptors (Lipinski definition) is 5. The minimum atomic E-state index is 0.105. The average Bonchev–Trinajstić information content (AvgIpc) is 3.29. The first-order valence-electron chi connectivity index (χ1n) is 9.20. The Kier molecular flexibility index (Phi) is 5.17. The third-order valence-corrected chi connectivity index (χ3v) is 6.44. The maximum Gasteiger partial charge on any atom is 0.0723 e. The number of likely N-dealkylation sites (N-methyl/N-ethyl adjacent to an activating group) is 1. The predicted molar refractivity (Wildman–Crippen MR) is 102 cm³/mol. The van der Waals surface area contributed by atoms with E-state index in [-0.39, 0.29) is 5.60 Å². The highest BCUT2D eigenvalue weighted by atomic mass is 32.1. The van der Waals surface area contributed by atoms with Crippen LogP contribution in [0.15, 0.2) is 41.2 Å². The lowest BCUT2D eigenvalue weighted by Gasteiger charge is -2.39. The third kappa shape index (κ3) is 4.11. The lowest BCUT2D eigenvalue weighted by atomic mass is 9.87. The molecule has 0 aliphatic carbocycles. The second kappa shape index (κ2) is 7.54. The van der Waals surface area contributed by atoms with Crippen molar-refractivity contribution >= 4 is 11.3 Å². The summed E-state index contributed by atoms with van der Waals surface area (Å²) in [5.41, 5.74) is 2.69. The normalized spacial score (nSPS) is 23.5. The molecule has 4 heterocycles. The molecule has 0 aromatic carbocycles. The van der Waals surface area contributed by atoms with Crippen molar-refractivity contribution in [3.8, 4) is 0 Å². The summed E-state index contributed by atoms with van der Waals surface area (Å²) in [5.74, 6) is 0. The Morgan fingerprint density at radius 3 is 2.92 bits per heavy atom. The van der Waals surface area contributed by atoms with Crippen LogP contribution < -0.4 is 0 Å². The molecule has 2 aromatic rings. The van der Waals surface area contributed by atoms with Crippen LogP contribution in [0, 0.1) is 0 Å². The highest BCUT2D eigenvalue weighted by molar-refractivity contribution is 7.07. The minimum absolute atomic E-state index is 0.105. The summed E-state index contributed by atoms with van der Waals surface area (Å²) >= 11 is 1.79. The van der Waals surface area contributed by atoms with Crippen LogP contribution in [-0.4, -0.2) is 53.2 Å². The maximum absolute atomic E-state index is 6.35. The van der Waals surface area contributed by atoms with E-state index in [9.17, 15) is 0 Å². The number of rotatable bonds is 5. The van der Waals surface area contributed by atoms with Crippen LogP contribution in [0.2, 0.25) is 0 Å². The molecule has 4 nitrogen and oxygen atoms in total. The molecule has 134 valence electrons. The summed E-state index contributed by atoms with van der Waals surface area (Å²) in [6.07, 6.45) is 5.35. The fourth-order valence-electron chi connectivity index (χ4n) is 4.09. The van der Waals surface area contributed by atoms with E-state index < -0.39 is 0 Å². The Morgan fingerprint density at radius 1 is 1.32 bits per heavy atom. The van der Waals surface area contributed by atoms with Crippen molar-refractivity contribution in [1.82, 2.24) is 14.8 Å². The van der Waals surface area contributed by atoms with Crippen LogP contribution in [-0.2, 0) is 17.8 Å². The van der Waals surface area contributed by atoms with Gasteiger partial charge in [0.1, 0.15) is 0 Å². The van der Waals surface area contributed by atoms with Gasteiger partial charge in [-0.1, -0.05) is 6.07 Å². The topological polar surface area (TPSA) is 28.6 Å². The zero-order chi connectivity index (χ0) is 17.1. The lowest BCUT2D eigenvalue weighted by Crippen LogP contribution is -2.44. The zero-order valence-corrected chi connectivity index (χ0v) is 15.8. The number of pyridine rings is 1. The van der Waals surface area contributed by atoms with Gasteiger partial charge in [0.2, 0.25) is 0 Å². The Hall–Kier alpha value is -1.27. The third-order valence-electron chi connectivity index (χ3n) is 5.70. The van der Waals surface area contributed by atoms with Gasteiger partial charge < -0.3 is 4.74 Å². The Labute approximate surface area is 154 Å². The van der Waals surface area contributed by atoms with Crippen LogP contribution in [0.1, 0.15) is 30.5 Å². The van der Waals surface area contributed by atoms with Crippen LogP contribution >= 0.6 is 11.3 Å². The summed E-state index contributed by atoms with van der Waals surface area (Å²) < 4.78 is 6.35. The van der Waals surface area contributed by atoms with Gasteiger partial charge in [-0.05, 0) is 60.8 Å². The first-order valence-corrected chi connectivity index (χ1v) is 10.1. The molecule has 2 aliphatic rings. The van der Waals surface area contributed by atoms with Gasteiger partial charge in [0.05, 0.1) is 17.9 Å². The fraction of sp³-hybridized carbons (Fsp3) is 0.550. The Morgan fingerprint density at radius 2 is 2.20 bits per heavy atom. The van der Waals surface area contributed by atoms with Gasteiger partial charge in [0, 0.05) is 38.4 Å². The van der Waals surface area contributed by atoms with Gasteiger partial charge in [0.15, 0.2) is 0 Å². The van der Waals surface area contributed by atoms with Crippen molar-refractivity contribution < 1.29 is 4.74 Å². The second-order valence-electron chi connectivity index (χ2n) is 7.50. The summed E-state index contributed by atoms with van der Waals surface area (Å²) in [5, 5.41) is 4.43. The van der Waals surface area contributed by atoms with Gasteiger partial charge in [-0.3, -0.25) is 14.8 Å². The summed E-state index contributed by atoms with van der Waals surface area (Å²) in [6, 6.07) is 8.88. The summed E-state index contributed by atoms with van der Waals surface area (Å²) in [4.78, 5) is 9.43. The Bertz CT molecular complexity index is 653. The quantitative estimate of drug-likeness (QED) is 0.820. The summed E-state index contributed by atoms with van der Waals surface area (Å²) in [6.45, 7) is 5.13. The average molecular weight is 358 g/mol. The molecule has 2 saturated heterocycles. The number of piperidine rings is 1. The number of hydrogen-bond donors (Lipinski definition) is 0. The van der Waals surface area contributed by atoms with Gasteiger partial charge >= 0.3 is 0 Å². The van der Waals surface area contributed by atoms with E-state index in [4.69, 9.17) is 4.74 Å². The van der Waals surface area contributed by atoms with Crippen molar-refractivity contribution in [3.63, 3.8) is 0 Å². The highest BCUT2D eigenvalue weighted by Gasteiger charge is 2.43. The SMILES string of the molecule is CN(Cc1ccccn1)[C@H]1COC2(CCN(Cc3ccsc3)CC2)C1. The van der Waals surface area contributed by atoms with E-state index in [1.807, 2.05) is 12.3 Å². The van der Waals surface area contributed by atoms with Crippen molar-refractivity contribution in [2.45, 2.75) is 44.0 Å². The van der Waals surface area contributed by atoms with E-state index in [0.717, 1.165) is 57.7 Å². The van der Waals surface area contributed by atoms with E-state index in [1.165, 1.54) is 5.56 Å². The molecule has 0 unspecified atom stereocenters. The van der Waals surface area contributed by atoms with E-state index in [1.54, 1.807) is 11.3 Å². The molecule has 25 heavy (non-hydrogen) atoms. The molecule has 0 bridgehead atoms.